The zero-order valence-electron chi connectivity index (χ0n) is 12.0. The smallest absolute Gasteiger partial charge is 0.156 e. The average Bonchev–Trinajstić information content (AvgIpc) is 3.30. The molecule has 2 rings (SSSR count). The Morgan fingerprint density at radius 1 is 1.30 bits per heavy atom. The van der Waals surface area contributed by atoms with Gasteiger partial charge >= 0.3 is 0 Å². The van der Waals surface area contributed by atoms with Gasteiger partial charge in [0.05, 0.1) is 12.7 Å². The molecule has 1 aromatic rings. The Morgan fingerprint density at radius 2 is 2.05 bits per heavy atom. The Hall–Kier alpha value is -1.41. The fourth-order valence-electron chi connectivity index (χ4n) is 2.17. The van der Waals surface area contributed by atoms with Gasteiger partial charge < -0.3 is 9.47 Å². The van der Waals surface area contributed by atoms with E-state index in [4.69, 9.17) is 9.47 Å². The van der Waals surface area contributed by atoms with Gasteiger partial charge in [0.25, 0.3) is 0 Å². The molecule has 20 heavy (non-hydrogen) atoms. The van der Waals surface area contributed by atoms with E-state index in [-0.39, 0.29) is 0 Å². The van der Waals surface area contributed by atoms with Crippen LogP contribution in [0.3, 0.4) is 0 Å². The molecule has 108 valence electrons. The van der Waals surface area contributed by atoms with Crippen molar-refractivity contribution in [3.8, 4) is 6.07 Å². The molecule has 0 amide bonds. The van der Waals surface area contributed by atoms with Crippen LogP contribution < -0.4 is 5.32 Å². The number of hydrogen-bond donors (Lipinski definition) is 1. The first-order valence-corrected chi connectivity index (χ1v) is 7.12. The lowest BCUT2D eigenvalue weighted by Gasteiger charge is -2.28. The third kappa shape index (κ3) is 4.04. The molecule has 1 N–H and O–H groups in total. The van der Waals surface area contributed by atoms with Crippen molar-refractivity contribution < 1.29 is 9.47 Å². The Balaban J connectivity index is 2.01. The molecule has 1 aliphatic rings. The van der Waals surface area contributed by atoms with Crippen LogP contribution >= 0.6 is 0 Å². The lowest BCUT2D eigenvalue weighted by atomic mass is 9.92. The maximum absolute atomic E-state index is 9.69. The van der Waals surface area contributed by atoms with Gasteiger partial charge in [0, 0.05) is 26.4 Å². The summed E-state index contributed by atoms with van der Waals surface area (Å²) in [5.74, 6) is 0. The molecule has 1 saturated carbocycles. The molecular weight excluding hydrogens is 252 g/mol. The summed E-state index contributed by atoms with van der Waals surface area (Å²) < 4.78 is 10.7. The number of benzene rings is 1. The van der Waals surface area contributed by atoms with Crippen molar-refractivity contribution in [2.75, 3.05) is 26.9 Å². The van der Waals surface area contributed by atoms with E-state index < -0.39 is 5.54 Å². The van der Waals surface area contributed by atoms with Gasteiger partial charge in [0.15, 0.2) is 5.54 Å². The summed E-state index contributed by atoms with van der Waals surface area (Å²) in [5, 5.41) is 13.1. The fourth-order valence-corrected chi connectivity index (χ4v) is 2.17. The second kappa shape index (κ2) is 7.39. The predicted molar refractivity (Wildman–Crippen MR) is 77.2 cm³/mol. The highest BCUT2D eigenvalue weighted by molar-refractivity contribution is 5.32. The van der Waals surface area contributed by atoms with Crippen molar-refractivity contribution in [3.63, 3.8) is 0 Å². The molecule has 1 unspecified atom stereocenters. The van der Waals surface area contributed by atoms with E-state index in [0.29, 0.717) is 25.9 Å². The van der Waals surface area contributed by atoms with Crippen LogP contribution in [0.25, 0.3) is 0 Å². The first kappa shape index (κ1) is 15.0. The van der Waals surface area contributed by atoms with Crippen LogP contribution in [0.15, 0.2) is 30.3 Å². The van der Waals surface area contributed by atoms with E-state index in [1.807, 2.05) is 30.3 Å². The number of ether oxygens (including phenoxy) is 2. The topological polar surface area (TPSA) is 54.3 Å². The van der Waals surface area contributed by atoms with Gasteiger partial charge in [0.2, 0.25) is 0 Å². The molecule has 0 spiro atoms. The monoisotopic (exact) mass is 274 g/mol. The van der Waals surface area contributed by atoms with Crippen LogP contribution in [0.4, 0.5) is 0 Å². The molecule has 0 saturated heterocycles. The van der Waals surface area contributed by atoms with Gasteiger partial charge in [-0.15, -0.1) is 0 Å². The van der Waals surface area contributed by atoms with Crippen LogP contribution in [0.5, 0.6) is 0 Å². The fraction of sp³-hybridized carbons (Fsp3) is 0.562. The summed E-state index contributed by atoms with van der Waals surface area (Å²) in [6.07, 6.45) is 3.12. The summed E-state index contributed by atoms with van der Waals surface area (Å²) in [6, 6.07) is 12.7. The van der Waals surface area contributed by atoms with Crippen molar-refractivity contribution >= 4 is 0 Å². The van der Waals surface area contributed by atoms with E-state index in [9.17, 15) is 5.26 Å². The van der Waals surface area contributed by atoms with Crippen molar-refractivity contribution in [2.24, 2.45) is 0 Å². The minimum Gasteiger partial charge on any atom is -0.385 e. The first-order chi connectivity index (χ1) is 9.80. The van der Waals surface area contributed by atoms with Gasteiger partial charge in [-0.25, -0.2) is 0 Å². The molecule has 1 aromatic carbocycles. The maximum Gasteiger partial charge on any atom is 0.156 e. The Bertz CT molecular complexity index is 440. The van der Waals surface area contributed by atoms with Crippen LogP contribution in [0.2, 0.25) is 0 Å². The zero-order valence-corrected chi connectivity index (χ0v) is 12.0. The highest BCUT2D eigenvalue weighted by Crippen LogP contribution is 2.28. The van der Waals surface area contributed by atoms with Crippen molar-refractivity contribution in [1.29, 1.82) is 5.26 Å². The van der Waals surface area contributed by atoms with Crippen molar-refractivity contribution in [2.45, 2.75) is 30.8 Å². The van der Waals surface area contributed by atoms with E-state index in [1.54, 1.807) is 7.11 Å². The lowest BCUT2D eigenvalue weighted by Crippen LogP contribution is -2.46. The summed E-state index contributed by atoms with van der Waals surface area (Å²) in [7, 11) is 1.68. The number of nitrogens with one attached hydrogen (secondary N) is 1. The van der Waals surface area contributed by atoms with E-state index in [1.165, 1.54) is 0 Å². The second-order valence-electron chi connectivity index (χ2n) is 5.20. The number of nitriles is 1. The molecule has 0 aliphatic heterocycles. The predicted octanol–water partition coefficient (Wildman–Crippen LogP) is 2.21. The molecule has 4 nitrogen and oxygen atoms in total. The summed E-state index contributed by atoms with van der Waals surface area (Å²) in [4.78, 5) is 0. The number of rotatable bonds is 9. The highest BCUT2D eigenvalue weighted by Gasteiger charge is 2.38. The average molecular weight is 274 g/mol. The van der Waals surface area contributed by atoms with Crippen LogP contribution in [0, 0.1) is 11.3 Å². The van der Waals surface area contributed by atoms with E-state index in [0.717, 1.165) is 24.8 Å². The summed E-state index contributed by atoms with van der Waals surface area (Å²) in [5.41, 5.74) is 0.233. The summed E-state index contributed by atoms with van der Waals surface area (Å²) in [6.45, 7) is 1.66. The van der Waals surface area contributed by atoms with Gasteiger partial charge in [0.1, 0.15) is 0 Å². The van der Waals surface area contributed by atoms with Crippen LogP contribution in [-0.4, -0.2) is 33.0 Å². The van der Waals surface area contributed by atoms with Gasteiger partial charge in [-0.3, -0.25) is 5.32 Å². The molecule has 0 aromatic heterocycles. The van der Waals surface area contributed by atoms with Crippen molar-refractivity contribution in [1.82, 2.24) is 5.32 Å². The minimum absolute atomic E-state index is 0.369. The van der Waals surface area contributed by atoms with E-state index >= 15 is 0 Å². The summed E-state index contributed by atoms with van der Waals surface area (Å²) >= 11 is 0. The first-order valence-electron chi connectivity index (χ1n) is 7.12. The third-order valence-corrected chi connectivity index (χ3v) is 3.44. The molecule has 0 bridgehead atoms. The SMILES string of the molecule is COCCCOCC(C#N)(NC1CC1)c1ccccc1. The number of nitrogens with zero attached hydrogens (tertiary/aromatic N) is 1. The molecule has 0 heterocycles. The highest BCUT2D eigenvalue weighted by atomic mass is 16.5. The molecule has 0 radical (unpaired) electrons. The zero-order chi connectivity index (χ0) is 14.3. The molecule has 1 aliphatic carbocycles. The van der Waals surface area contributed by atoms with Gasteiger partial charge in [-0.05, 0) is 24.8 Å². The number of hydrogen-bond acceptors (Lipinski definition) is 4. The van der Waals surface area contributed by atoms with Gasteiger partial charge in [-0.2, -0.15) is 5.26 Å². The Kier molecular flexibility index (Phi) is 5.54. The Labute approximate surface area is 120 Å². The lowest BCUT2D eigenvalue weighted by molar-refractivity contribution is 0.0699. The molecule has 1 atom stereocenters. The Morgan fingerprint density at radius 3 is 2.65 bits per heavy atom. The van der Waals surface area contributed by atoms with Gasteiger partial charge in [-0.1, -0.05) is 30.3 Å². The molecule has 1 fully saturated rings. The minimum atomic E-state index is -0.741. The third-order valence-electron chi connectivity index (χ3n) is 3.44. The van der Waals surface area contributed by atoms with E-state index in [2.05, 4.69) is 11.4 Å². The quantitative estimate of drug-likeness (QED) is 0.701. The van der Waals surface area contributed by atoms with Crippen LogP contribution in [0.1, 0.15) is 24.8 Å². The second-order valence-corrected chi connectivity index (χ2v) is 5.20. The normalized spacial score (nSPS) is 17.4. The largest absolute Gasteiger partial charge is 0.385 e. The molecular formula is C16H22N2O2. The van der Waals surface area contributed by atoms with Crippen molar-refractivity contribution in [3.05, 3.63) is 35.9 Å². The standard InChI is InChI=1S/C16H22N2O2/c1-19-10-5-11-20-13-16(12-17,18-15-8-9-15)14-6-3-2-4-7-14/h2-4,6-7,15,18H,5,8-11,13H2,1H3. The van der Waals surface area contributed by atoms with Crippen LogP contribution in [-0.2, 0) is 15.0 Å². The molecule has 4 heteroatoms. The number of methoxy groups -OCH3 is 1. The maximum atomic E-state index is 9.69.